The van der Waals surface area contributed by atoms with E-state index in [0.29, 0.717) is 6.10 Å². The predicted molar refractivity (Wildman–Crippen MR) is 105 cm³/mol. The van der Waals surface area contributed by atoms with E-state index in [1.807, 2.05) is 0 Å². The zero-order chi connectivity index (χ0) is 17.4. The molecule has 0 spiro atoms. The van der Waals surface area contributed by atoms with Crippen LogP contribution in [0.4, 0.5) is 0 Å². The highest BCUT2D eigenvalue weighted by molar-refractivity contribution is 6.64. The van der Waals surface area contributed by atoms with Crippen LogP contribution in [0.5, 0.6) is 0 Å². The molecule has 0 bridgehead atoms. The normalized spacial score (nSPS) is 13.4. The van der Waals surface area contributed by atoms with E-state index in [2.05, 4.69) is 33.9 Å². The Morgan fingerprint density at radius 1 is 0.696 bits per heavy atom. The van der Waals surface area contributed by atoms with Gasteiger partial charge in [-0.2, -0.15) is 0 Å². The Balaban J connectivity index is 3.56. The first-order chi connectivity index (χ1) is 11.0. The van der Waals surface area contributed by atoms with Crippen LogP contribution in [0.2, 0.25) is 13.1 Å². The average molecular weight is 345 g/mol. The summed E-state index contributed by atoms with van der Waals surface area (Å²) < 4.78 is 12.3. The van der Waals surface area contributed by atoms with E-state index in [4.69, 9.17) is 8.85 Å². The maximum Gasteiger partial charge on any atom is 0.331 e. The SMILES string of the molecule is CCCCCCCCO[Si](C)(C)OC(C)CCCCCCCC. The second-order valence-corrected chi connectivity index (χ2v) is 10.8. The molecule has 0 rings (SSSR count). The van der Waals surface area contributed by atoms with Crippen LogP contribution in [0.25, 0.3) is 0 Å². The molecular formula is C20H44O2Si. The lowest BCUT2D eigenvalue weighted by molar-refractivity contribution is 0.122. The number of unbranched alkanes of at least 4 members (excludes halogenated alkanes) is 10. The summed E-state index contributed by atoms with van der Waals surface area (Å²) in [5, 5.41) is 0. The highest BCUT2D eigenvalue weighted by atomic mass is 28.4. The first-order valence-corrected chi connectivity index (χ1v) is 13.1. The van der Waals surface area contributed by atoms with E-state index < -0.39 is 8.56 Å². The predicted octanol–water partition coefficient (Wildman–Crippen LogP) is 7.22. The van der Waals surface area contributed by atoms with Gasteiger partial charge in [0.1, 0.15) is 0 Å². The van der Waals surface area contributed by atoms with Gasteiger partial charge in [0.15, 0.2) is 0 Å². The minimum atomic E-state index is -1.92. The van der Waals surface area contributed by atoms with Crippen LogP contribution in [0.1, 0.15) is 104 Å². The van der Waals surface area contributed by atoms with E-state index in [0.717, 1.165) is 6.61 Å². The molecule has 3 heteroatoms. The highest BCUT2D eigenvalue weighted by Crippen LogP contribution is 2.16. The molecule has 0 saturated carbocycles. The summed E-state index contributed by atoms with van der Waals surface area (Å²) in [6.07, 6.45) is 17.6. The van der Waals surface area contributed by atoms with Gasteiger partial charge in [0.05, 0.1) is 0 Å². The van der Waals surface area contributed by atoms with Crippen LogP contribution in [0.3, 0.4) is 0 Å². The van der Waals surface area contributed by atoms with Crippen LogP contribution in [0.15, 0.2) is 0 Å². The van der Waals surface area contributed by atoms with Crippen LogP contribution >= 0.6 is 0 Å². The molecular weight excluding hydrogens is 300 g/mol. The van der Waals surface area contributed by atoms with Gasteiger partial charge in [0, 0.05) is 12.7 Å². The molecule has 140 valence electrons. The van der Waals surface area contributed by atoms with Crippen LogP contribution in [-0.2, 0) is 8.85 Å². The lowest BCUT2D eigenvalue weighted by atomic mass is 10.1. The number of hydrogen-bond donors (Lipinski definition) is 0. The Morgan fingerprint density at radius 2 is 1.17 bits per heavy atom. The summed E-state index contributed by atoms with van der Waals surface area (Å²) in [7, 11) is -1.92. The van der Waals surface area contributed by atoms with Crippen molar-refractivity contribution in [1.82, 2.24) is 0 Å². The molecule has 1 atom stereocenters. The first-order valence-electron chi connectivity index (χ1n) is 10.3. The third-order valence-corrected chi connectivity index (χ3v) is 6.27. The minimum Gasteiger partial charge on any atom is -0.395 e. The zero-order valence-electron chi connectivity index (χ0n) is 16.8. The fourth-order valence-corrected chi connectivity index (χ4v) is 4.78. The molecule has 0 saturated heterocycles. The fraction of sp³-hybridized carbons (Fsp3) is 1.00. The molecule has 23 heavy (non-hydrogen) atoms. The van der Waals surface area contributed by atoms with E-state index in [1.165, 1.54) is 83.5 Å². The maximum atomic E-state index is 6.23. The molecule has 0 heterocycles. The Hall–Kier alpha value is 0.137. The van der Waals surface area contributed by atoms with Crippen molar-refractivity contribution in [3.63, 3.8) is 0 Å². The molecule has 0 aliphatic carbocycles. The standard InChI is InChI=1S/C20H44O2Si/c1-6-8-10-12-14-16-18-20(3)22-23(4,5)21-19-17-15-13-11-9-7-2/h20H,6-19H2,1-5H3. The molecule has 2 nitrogen and oxygen atoms in total. The van der Waals surface area contributed by atoms with Crippen LogP contribution in [-0.4, -0.2) is 21.3 Å². The molecule has 0 aliphatic heterocycles. The smallest absolute Gasteiger partial charge is 0.331 e. The van der Waals surface area contributed by atoms with Gasteiger partial charge in [-0.25, -0.2) is 0 Å². The van der Waals surface area contributed by atoms with Crippen molar-refractivity contribution in [2.75, 3.05) is 6.61 Å². The topological polar surface area (TPSA) is 18.5 Å². The summed E-state index contributed by atoms with van der Waals surface area (Å²) >= 11 is 0. The largest absolute Gasteiger partial charge is 0.395 e. The fourth-order valence-electron chi connectivity index (χ4n) is 2.99. The molecule has 0 aromatic carbocycles. The van der Waals surface area contributed by atoms with Crippen LogP contribution < -0.4 is 0 Å². The van der Waals surface area contributed by atoms with Gasteiger partial charge in [0.25, 0.3) is 0 Å². The van der Waals surface area contributed by atoms with E-state index in [-0.39, 0.29) is 0 Å². The lowest BCUT2D eigenvalue weighted by Crippen LogP contribution is -2.38. The summed E-state index contributed by atoms with van der Waals surface area (Å²) in [6, 6.07) is 0. The minimum absolute atomic E-state index is 0.354. The summed E-state index contributed by atoms with van der Waals surface area (Å²) in [6.45, 7) is 12.0. The third-order valence-electron chi connectivity index (χ3n) is 4.40. The quantitative estimate of drug-likeness (QED) is 0.205. The third kappa shape index (κ3) is 16.8. The highest BCUT2D eigenvalue weighted by Gasteiger charge is 2.26. The van der Waals surface area contributed by atoms with Gasteiger partial charge in [-0.3, -0.25) is 0 Å². The Kier molecular flexibility index (Phi) is 15.7. The van der Waals surface area contributed by atoms with Gasteiger partial charge in [-0.15, -0.1) is 0 Å². The average Bonchev–Trinajstić information content (AvgIpc) is 2.49. The van der Waals surface area contributed by atoms with E-state index in [1.54, 1.807) is 0 Å². The Bertz CT molecular complexity index is 244. The van der Waals surface area contributed by atoms with Crippen molar-refractivity contribution in [3.8, 4) is 0 Å². The Morgan fingerprint density at radius 3 is 1.74 bits per heavy atom. The summed E-state index contributed by atoms with van der Waals surface area (Å²) in [5.41, 5.74) is 0. The second kappa shape index (κ2) is 15.7. The van der Waals surface area contributed by atoms with Gasteiger partial charge < -0.3 is 8.85 Å². The van der Waals surface area contributed by atoms with Crippen molar-refractivity contribution < 1.29 is 8.85 Å². The second-order valence-electron chi connectivity index (χ2n) is 7.50. The van der Waals surface area contributed by atoms with Gasteiger partial charge >= 0.3 is 8.56 Å². The molecule has 0 N–H and O–H groups in total. The van der Waals surface area contributed by atoms with Crippen molar-refractivity contribution >= 4 is 8.56 Å². The van der Waals surface area contributed by atoms with Crippen molar-refractivity contribution in [1.29, 1.82) is 0 Å². The van der Waals surface area contributed by atoms with Crippen molar-refractivity contribution in [2.45, 2.75) is 123 Å². The molecule has 0 aliphatic rings. The van der Waals surface area contributed by atoms with Gasteiger partial charge in [-0.1, -0.05) is 84.5 Å². The van der Waals surface area contributed by atoms with Crippen molar-refractivity contribution in [2.24, 2.45) is 0 Å². The first kappa shape index (κ1) is 23.1. The Labute approximate surface area is 148 Å². The number of rotatable bonds is 17. The van der Waals surface area contributed by atoms with Gasteiger partial charge in [-0.05, 0) is 32.9 Å². The van der Waals surface area contributed by atoms with E-state index >= 15 is 0 Å². The van der Waals surface area contributed by atoms with Crippen molar-refractivity contribution in [3.05, 3.63) is 0 Å². The molecule has 0 fully saturated rings. The van der Waals surface area contributed by atoms with Gasteiger partial charge in [0.2, 0.25) is 0 Å². The monoisotopic (exact) mass is 344 g/mol. The van der Waals surface area contributed by atoms with Crippen LogP contribution in [0, 0.1) is 0 Å². The summed E-state index contributed by atoms with van der Waals surface area (Å²) in [5.74, 6) is 0. The molecule has 0 amide bonds. The molecule has 0 radical (unpaired) electrons. The summed E-state index contributed by atoms with van der Waals surface area (Å²) in [4.78, 5) is 0. The van der Waals surface area contributed by atoms with E-state index in [9.17, 15) is 0 Å². The maximum absolute atomic E-state index is 6.23. The molecule has 0 aromatic rings. The lowest BCUT2D eigenvalue weighted by Gasteiger charge is -2.27. The zero-order valence-corrected chi connectivity index (χ0v) is 17.8. The number of hydrogen-bond acceptors (Lipinski definition) is 2. The molecule has 1 unspecified atom stereocenters. The molecule has 0 aromatic heterocycles.